The number of nitrogens with zero attached hydrogens (tertiary/aromatic N) is 2. The van der Waals surface area contributed by atoms with Gasteiger partial charge in [-0.2, -0.15) is 0 Å². The molecule has 1 aromatic heterocycles. The van der Waals surface area contributed by atoms with Crippen LogP contribution in [-0.2, 0) is 0 Å². The Kier molecular flexibility index (Phi) is 3.05. The van der Waals surface area contributed by atoms with E-state index < -0.39 is 0 Å². The largest absolute Gasteiger partial charge is 0.438 e. The fourth-order valence-corrected chi connectivity index (χ4v) is 1.43. The third kappa shape index (κ3) is 2.49. The number of aryl methyl sites for hydroxylation is 1. The normalized spacial score (nSPS) is 10.1. The molecule has 0 amide bonds. The van der Waals surface area contributed by atoms with Gasteiger partial charge in [-0.25, -0.2) is 0 Å². The Hall–Kier alpha value is -1.62. The number of rotatable bonds is 2. The van der Waals surface area contributed by atoms with Crippen molar-refractivity contribution in [2.45, 2.75) is 6.92 Å². The zero-order chi connectivity index (χ0) is 11.5. The summed E-state index contributed by atoms with van der Waals surface area (Å²) < 4.78 is 6.56. The van der Waals surface area contributed by atoms with Crippen molar-refractivity contribution in [3.63, 3.8) is 0 Å². The lowest BCUT2D eigenvalue weighted by atomic mass is 10.2. The average molecular weight is 280 g/mol. The Balaban J connectivity index is 2.20. The molecule has 0 unspecified atom stereocenters. The van der Waals surface area contributed by atoms with Crippen molar-refractivity contribution in [2.75, 3.05) is 5.73 Å². The van der Waals surface area contributed by atoms with Crippen LogP contribution in [0.5, 0.6) is 11.6 Å². The molecule has 2 aromatic rings. The van der Waals surface area contributed by atoms with Crippen LogP contribution in [0.25, 0.3) is 0 Å². The van der Waals surface area contributed by atoms with Gasteiger partial charge in [-0.1, -0.05) is 15.9 Å². The number of anilines is 1. The monoisotopic (exact) mass is 279 g/mol. The highest BCUT2D eigenvalue weighted by Crippen LogP contribution is 2.24. The second-order valence-corrected chi connectivity index (χ2v) is 4.16. The van der Waals surface area contributed by atoms with E-state index in [2.05, 4.69) is 26.1 Å². The molecule has 0 bridgehead atoms. The molecule has 0 atom stereocenters. The highest BCUT2D eigenvalue weighted by molar-refractivity contribution is 9.10. The van der Waals surface area contributed by atoms with Crippen LogP contribution in [0.1, 0.15) is 5.56 Å². The zero-order valence-electron chi connectivity index (χ0n) is 8.64. The van der Waals surface area contributed by atoms with E-state index in [1.165, 1.54) is 0 Å². The number of nitrogens with two attached hydrogens (primary N) is 1. The van der Waals surface area contributed by atoms with E-state index in [1.807, 2.05) is 25.1 Å². The molecule has 0 spiro atoms. The average Bonchev–Trinajstić information content (AvgIpc) is 2.27. The highest BCUT2D eigenvalue weighted by atomic mass is 79.9. The van der Waals surface area contributed by atoms with Gasteiger partial charge in [0.05, 0.1) is 0 Å². The van der Waals surface area contributed by atoms with Crippen LogP contribution < -0.4 is 10.5 Å². The van der Waals surface area contributed by atoms with Gasteiger partial charge < -0.3 is 10.5 Å². The SMILES string of the molecule is Cc1cc(Oc2ccc(N)nn2)ccc1Br. The van der Waals surface area contributed by atoms with Crippen molar-refractivity contribution in [3.05, 3.63) is 40.4 Å². The molecule has 5 heteroatoms. The van der Waals surface area contributed by atoms with Crippen molar-refractivity contribution >= 4 is 21.7 Å². The highest BCUT2D eigenvalue weighted by Gasteiger charge is 2.01. The molecule has 0 saturated heterocycles. The number of aromatic nitrogens is 2. The summed E-state index contributed by atoms with van der Waals surface area (Å²) in [6.45, 7) is 1.99. The maximum Gasteiger partial charge on any atom is 0.238 e. The number of hydrogen-bond donors (Lipinski definition) is 1. The third-order valence-corrected chi connectivity index (χ3v) is 2.90. The summed E-state index contributed by atoms with van der Waals surface area (Å²) in [7, 11) is 0. The second kappa shape index (κ2) is 4.49. The van der Waals surface area contributed by atoms with Crippen LogP contribution in [0.15, 0.2) is 34.8 Å². The molecule has 0 fully saturated rings. The van der Waals surface area contributed by atoms with Gasteiger partial charge in [0.1, 0.15) is 11.6 Å². The quantitative estimate of drug-likeness (QED) is 0.918. The first-order valence-electron chi connectivity index (χ1n) is 4.68. The number of benzene rings is 1. The minimum Gasteiger partial charge on any atom is -0.438 e. The molecule has 1 heterocycles. The standard InChI is InChI=1S/C11H10BrN3O/c1-7-6-8(2-3-9(7)12)16-11-5-4-10(13)14-15-11/h2-6H,1H3,(H2,13,14). The van der Waals surface area contributed by atoms with E-state index >= 15 is 0 Å². The smallest absolute Gasteiger partial charge is 0.238 e. The van der Waals surface area contributed by atoms with Crippen molar-refractivity contribution in [1.29, 1.82) is 0 Å². The molecule has 0 radical (unpaired) electrons. The molecule has 4 nitrogen and oxygen atoms in total. The predicted octanol–water partition coefficient (Wildman–Crippen LogP) is 2.92. The Morgan fingerprint density at radius 1 is 1.19 bits per heavy atom. The summed E-state index contributed by atoms with van der Waals surface area (Å²) in [4.78, 5) is 0. The van der Waals surface area contributed by atoms with Crippen LogP contribution in [0.4, 0.5) is 5.82 Å². The topological polar surface area (TPSA) is 61.0 Å². The van der Waals surface area contributed by atoms with Gasteiger partial charge in [0.25, 0.3) is 0 Å². The van der Waals surface area contributed by atoms with E-state index in [0.29, 0.717) is 11.7 Å². The molecular weight excluding hydrogens is 270 g/mol. The third-order valence-electron chi connectivity index (χ3n) is 2.01. The van der Waals surface area contributed by atoms with Crippen molar-refractivity contribution < 1.29 is 4.74 Å². The Labute approximate surface area is 102 Å². The molecule has 0 aliphatic carbocycles. The predicted molar refractivity (Wildman–Crippen MR) is 65.4 cm³/mol. The van der Waals surface area contributed by atoms with E-state index in [-0.39, 0.29) is 0 Å². The van der Waals surface area contributed by atoms with Gasteiger partial charge in [0.2, 0.25) is 5.88 Å². The minimum absolute atomic E-state index is 0.374. The Morgan fingerprint density at radius 2 is 2.00 bits per heavy atom. The second-order valence-electron chi connectivity index (χ2n) is 3.31. The van der Waals surface area contributed by atoms with Crippen LogP contribution in [-0.4, -0.2) is 10.2 Å². The number of ether oxygens (including phenoxy) is 1. The molecule has 16 heavy (non-hydrogen) atoms. The van der Waals surface area contributed by atoms with Gasteiger partial charge in [0, 0.05) is 10.5 Å². The fraction of sp³-hybridized carbons (Fsp3) is 0.0909. The summed E-state index contributed by atoms with van der Waals surface area (Å²) >= 11 is 3.42. The van der Waals surface area contributed by atoms with Gasteiger partial charge in [0.15, 0.2) is 0 Å². The summed E-state index contributed by atoms with van der Waals surface area (Å²) in [6, 6.07) is 9.03. The molecule has 0 saturated carbocycles. The molecule has 2 N–H and O–H groups in total. The number of halogens is 1. The lowest BCUT2D eigenvalue weighted by Gasteiger charge is -2.05. The maximum absolute atomic E-state index is 5.52. The molecule has 82 valence electrons. The number of nitrogen functional groups attached to an aromatic ring is 1. The first-order chi connectivity index (χ1) is 7.65. The maximum atomic E-state index is 5.52. The van der Waals surface area contributed by atoms with Crippen LogP contribution in [0.2, 0.25) is 0 Å². The lowest BCUT2D eigenvalue weighted by molar-refractivity contribution is 0.455. The van der Waals surface area contributed by atoms with E-state index in [0.717, 1.165) is 15.8 Å². The van der Waals surface area contributed by atoms with E-state index in [4.69, 9.17) is 10.5 Å². The zero-order valence-corrected chi connectivity index (χ0v) is 10.2. The fourth-order valence-electron chi connectivity index (χ4n) is 1.19. The van der Waals surface area contributed by atoms with Crippen molar-refractivity contribution in [2.24, 2.45) is 0 Å². The van der Waals surface area contributed by atoms with Crippen LogP contribution in [0, 0.1) is 6.92 Å². The molecule has 0 aliphatic rings. The summed E-state index contributed by atoms with van der Waals surface area (Å²) in [5, 5.41) is 7.53. The minimum atomic E-state index is 0.374. The molecular formula is C11H10BrN3O. The van der Waals surface area contributed by atoms with Gasteiger partial charge in [-0.05, 0) is 36.8 Å². The summed E-state index contributed by atoms with van der Waals surface area (Å²) in [5.41, 5.74) is 6.53. The van der Waals surface area contributed by atoms with Crippen molar-refractivity contribution in [1.82, 2.24) is 10.2 Å². The first-order valence-corrected chi connectivity index (χ1v) is 5.47. The lowest BCUT2D eigenvalue weighted by Crippen LogP contribution is -1.94. The van der Waals surface area contributed by atoms with Gasteiger partial charge in [-0.3, -0.25) is 0 Å². The summed E-state index contributed by atoms with van der Waals surface area (Å²) in [5.74, 6) is 1.52. The Bertz CT molecular complexity index is 499. The molecule has 1 aromatic carbocycles. The Morgan fingerprint density at radius 3 is 2.62 bits per heavy atom. The van der Waals surface area contributed by atoms with Crippen molar-refractivity contribution in [3.8, 4) is 11.6 Å². The van der Waals surface area contributed by atoms with E-state index in [9.17, 15) is 0 Å². The van der Waals surface area contributed by atoms with Gasteiger partial charge in [-0.15, -0.1) is 10.2 Å². The van der Waals surface area contributed by atoms with E-state index in [1.54, 1.807) is 12.1 Å². The first kappa shape index (κ1) is 10.9. The summed E-state index contributed by atoms with van der Waals surface area (Å²) in [6.07, 6.45) is 0. The number of hydrogen-bond acceptors (Lipinski definition) is 4. The van der Waals surface area contributed by atoms with Gasteiger partial charge >= 0.3 is 0 Å². The molecule has 0 aliphatic heterocycles. The van der Waals surface area contributed by atoms with Crippen LogP contribution in [0.3, 0.4) is 0 Å². The van der Waals surface area contributed by atoms with Crippen LogP contribution >= 0.6 is 15.9 Å². The molecule has 2 rings (SSSR count).